The van der Waals surface area contributed by atoms with Crippen LogP contribution in [-0.2, 0) is 15.1 Å². The smallest absolute Gasteiger partial charge is 0.378 e. The maximum atomic E-state index is 11.4. The van der Waals surface area contributed by atoms with Crippen molar-refractivity contribution in [1.29, 1.82) is 0 Å². The number of hydrazine groups is 1. The Hall–Kier alpha value is -1.85. The Morgan fingerprint density at radius 1 is 1.16 bits per heavy atom. The molecule has 0 amide bonds. The molecule has 1 aromatic heterocycles. The van der Waals surface area contributed by atoms with E-state index >= 15 is 0 Å². The largest absolute Gasteiger partial charge is 0.501 e. The highest BCUT2D eigenvalue weighted by Gasteiger charge is 2.37. The van der Waals surface area contributed by atoms with Crippen LogP contribution in [-0.4, -0.2) is 44.9 Å². The first-order chi connectivity index (χ1) is 9.11. The number of fused-ring (bicyclic) bond motifs is 1. The molecule has 0 bridgehead atoms. The highest BCUT2D eigenvalue weighted by Crippen LogP contribution is 2.45. The summed E-state index contributed by atoms with van der Waals surface area (Å²) in [5.41, 5.74) is 2.21. The van der Waals surface area contributed by atoms with Crippen molar-refractivity contribution in [2.45, 2.75) is 0 Å². The average Bonchev–Trinajstić information content (AvgIpc) is 2.73. The first kappa shape index (κ1) is 12.2. The summed E-state index contributed by atoms with van der Waals surface area (Å²) in [5, 5.41) is 7.69. The van der Waals surface area contributed by atoms with Gasteiger partial charge >= 0.3 is 10.4 Å². The lowest BCUT2D eigenvalue weighted by Gasteiger charge is -2.27. The van der Waals surface area contributed by atoms with Crippen LogP contribution in [0.4, 0.5) is 11.6 Å². The summed E-state index contributed by atoms with van der Waals surface area (Å²) in [5.74, 6) is 5.41. The quantitative estimate of drug-likeness (QED) is 0.496. The number of anilines is 2. The molecule has 1 saturated heterocycles. The Labute approximate surface area is 108 Å². The van der Waals surface area contributed by atoms with Gasteiger partial charge in [-0.1, -0.05) is 0 Å². The number of ether oxygens (including phenoxy) is 1. The van der Waals surface area contributed by atoms with Crippen molar-refractivity contribution in [2.24, 2.45) is 5.84 Å². The molecule has 0 atom stereocenters. The van der Waals surface area contributed by atoms with Gasteiger partial charge in [0, 0.05) is 13.1 Å². The third-order valence-corrected chi connectivity index (χ3v) is 3.43. The van der Waals surface area contributed by atoms with E-state index in [-0.39, 0.29) is 17.3 Å². The van der Waals surface area contributed by atoms with E-state index in [9.17, 15) is 8.42 Å². The zero-order valence-corrected chi connectivity index (χ0v) is 10.5. The molecule has 0 aliphatic carbocycles. The van der Waals surface area contributed by atoms with Crippen molar-refractivity contribution in [1.82, 2.24) is 10.2 Å². The zero-order chi connectivity index (χ0) is 13.5. The standard InChI is InChI=1S/C8H11N5O5S/c9-10-7-5-6(18-19(14,15)17-5)8(12-11-7)13-1-3-16-4-2-13/h1-4,9H2,(H,10,11). The minimum Gasteiger partial charge on any atom is -0.378 e. The van der Waals surface area contributed by atoms with Crippen LogP contribution in [0.2, 0.25) is 0 Å². The van der Waals surface area contributed by atoms with E-state index in [0.29, 0.717) is 32.1 Å². The number of nitrogens with zero attached hydrogens (tertiary/aromatic N) is 3. The van der Waals surface area contributed by atoms with E-state index in [1.807, 2.05) is 0 Å². The zero-order valence-electron chi connectivity index (χ0n) is 9.70. The molecule has 0 aromatic carbocycles. The number of nitrogens with one attached hydrogen (secondary N) is 1. The fourth-order valence-corrected chi connectivity index (χ4v) is 2.59. The second-order valence-corrected chi connectivity index (χ2v) is 5.00. The van der Waals surface area contributed by atoms with Gasteiger partial charge in [0.05, 0.1) is 13.2 Å². The lowest BCUT2D eigenvalue weighted by atomic mass is 10.3. The lowest BCUT2D eigenvalue weighted by Crippen LogP contribution is -2.37. The summed E-state index contributed by atoms with van der Waals surface area (Å²) in [4.78, 5) is 1.81. The van der Waals surface area contributed by atoms with Gasteiger partial charge in [-0.15, -0.1) is 18.6 Å². The van der Waals surface area contributed by atoms with Crippen LogP contribution in [0.5, 0.6) is 11.5 Å². The van der Waals surface area contributed by atoms with Gasteiger partial charge in [-0.2, -0.15) is 0 Å². The Morgan fingerprint density at radius 2 is 1.84 bits per heavy atom. The van der Waals surface area contributed by atoms with Crippen molar-refractivity contribution < 1.29 is 21.5 Å². The van der Waals surface area contributed by atoms with Crippen molar-refractivity contribution in [3.05, 3.63) is 0 Å². The molecule has 2 aliphatic rings. The second kappa shape index (κ2) is 4.36. The third-order valence-electron chi connectivity index (χ3n) is 2.69. The summed E-state index contributed by atoms with van der Waals surface area (Å²) < 4.78 is 37.5. The molecule has 10 nitrogen and oxygen atoms in total. The SMILES string of the molecule is NNc1nnc(N2CCOCC2)c2c1OS(=O)(=O)O2. The average molecular weight is 289 g/mol. The molecule has 104 valence electrons. The number of rotatable bonds is 2. The fraction of sp³-hybridized carbons (Fsp3) is 0.500. The van der Waals surface area contributed by atoms with Gasteiger partial charge in [0.2, 0.25) is 17.3 Å². The van der Waals surface area contributed by atoms with E-state index < -0.39 is 10.4 Å². The molecule has 3 rings (SSSR count). The van der Waals surface area contributed by atoms with Crippen LogP contribution in [0.25, 0.3) is 0 Å². The molecular weight excluding hydrogens is 278 g/mol. The monoisotopic (exact) mass is 289 g/mol. The van der Waals surface area contributed by atoms with Crippen molar-refractivity contribution in [3.63, 3.8) is 0 Å². The lowest BCUT2D eigenvalue weighted by molar-refractivity contribution is 0.122. The molecule has 2 aliphatic heterocycles. The van der Waals surface area contributed by atoms with Crippen LogP contribution in [0.3, 0.4) is 0 Å². The van der Waals surface area contributed by atoms with E-state index in [0.717, 1.165) is 0 Å². The molecule has 0 radical (unpaired) electrons. The van der Waals surface area contributed by atoms with E-state index in [4.69, 9.17) is 18.9 Å². The van der Waals surface area contributed by atoms with Crippen molar-refractivity contribution >= 4 is 22.0 Å². The molecular formula is C8H11N5O5S. The first-order valence-electron chi connectivity index (χ1n) is 5.44. The normalized spacial score (nSPS) is 20.4. The second-order valence-electron chi connectivity index (χ2n) is 3.85. The number of nitrogens with two attached hydrogens (primary N) is 1. The van der Waals surface area contributed by atoms with Crippen molar-refractivity contribution in [2.75, 3.05) is 36.6 Å². The molecule has 0 unspecified atom stereocenters. The minimum atomic E-state index is -4.13. The predicted octanol–water partition coefficient (Wildman–Crippen LogP) is -1.39. The molecule has 19 heavy (non-hydrogen) atoms. The van der Waals surface area contributed by atoms with Gasteiger partial charge in [-0.05, 0) is 0 Å². The van der Waals surface area contributed by atoms with Gasteiger partial charge in [0.1, 0.15) is 0 Å². The number of hydrogen-bond donors (Lipinski definition) is 2. The van der Waals surface area contributed by atoms with Crippen LogP contribution >= 0.6 is 0 Å². The summed E-state index contributed by atoms with van der Waals surface area (Å²) in [6, 6.07) is 0. The van der Waals surface area contributed by atoms with E-state index in [1.54, 1.807) is 4.90 Å². The van der Waals surface area contributed by atoms with Crippen LogP contribution in [0.1, 0.15) is 0 Å². The molecule has 0 spiro atoms. The highest BCUT2D eigenvalue weighted by atomic mass is 32.3. The minimum absolute atomic E-state index is 0.00640. The predicted molar refractivity (Wildman–Crippen MR) is 63.0 cm³/mol. The summed E-state index contributed by atoms with van der Waals surface area (Å²) in [6.07, 6.45) is 0. The van der Waals surface area contributed by atoms with Gasteiger partial charge in [0.15, 0.2) is 5.82 Å². The van der Waals surface area contributed by atoms with Crippen LogP contribution in [0.15, 0.2) is 0 Å². The Bertz CT molecular complexity index is 600. The molecule has 3 N–H and O–H groups in total. The summed E-state index contributed by atoms with van der Waals surface area (Å²) in [7, 11) is -4.13. The number of nitrogen functional groups attached to an aromatic ring is 1. The van der Waals surface area contributed by atoms with Gasteiger partial charge in [-0.3, -0.25) is 0 Å². The number of aromatic nitrogens is 2. The summed E-state index contributed by atoms with van der Waals surface area (Å²) >= 11 is 0. The molecule has 3 heterocycles. The highest BCUT2D eigenvalue weighted by molar-refractivity contribution is 7.82. The molecule has 0 saturated carbocycles. The summed E-state index contributed by atoms with van der Waals surface area (Å²) in [6.45, 7) is 2.14. The maximum Gasteiger partial charge on any atom is 0.501 e. The van der Waals surface area contributed by atoms with Crippen molar-refractivity contribution in [3.8, 4) is 11.5 Å². The van der Waals surface area contributed by atoms with Gasteiger partial charge < -0.3 is 23.4 Å². The molecule has 11 heteroatoms. The number of morpholine rings is 1. The maximum absolute atomic E-state index is 11.4. The van der Waals surface area contributed by atoms with Gasteiger partial charge in [-0.25, -0.2) is 5.84 Å². The van der Waals surface area contributed by atoms with Crippen LogP contribution < -0.4 is 24.5 Å². The van der Waals surface area contributed by atoms with Gasteiger partial charge in [0.25, 0.3) is 0 Å². The number of hydrogen-bond acceptors (Lipinski definition) is 10. The molecule has 1 aromatic rings. The van der Waals surface area contributed by atoms with E-state index in [2.05, 4.69) is 15.6 Å². The van der Waals surface area contributed by atoms with Crippen LogP contribution in [0, 0.1) is 0 Å². The third kappa shape index (κ3) is 2.11. The van der Waals surface area contributed by atoms with E-state index in [1.165, 1.54) is 0 Å². The fourth-order valence-electron chi connectivity index (χ4n) is 1.85. The Kier molecular flexibility index (Phi) is 2.80. The molecule has 1 fully saturated rings. The Morgan fingerprint density at radius 3 is 2.53 bits per heavy atom. The first-order valence-corrected chi connectivity index (χ1v) is 6.78. The Balaban J connectivity index is 2.06. The topological polar surface area (TPSA) is 129 Å².